The molecule has 0 amide bonds. The van der Waals surface area contributed by atoms with Crippen LogP contribution in [0.4, 0.5) is 0 Å². The number of halogens is 2. The summed E-state index contributed by atoms with van der Waals surface area (Å²) in [5, 5.41) is 5.39. The second-order valence-corrected chi connectivity index (χ2v) is 6.53. The van der Waals surface area contributed by atoms with Crippen molar-refractivity contribution < 1.29 is 0 Å². The Balaban J connectivity index is 2.38. The monoisotopic (exact) mass is 310 g/mol. The summed E-state index contributed by atoms with van der Waals surface area (Å²) < 4.78 is 1.44. The van der Waals surface area contributed by atoms with E-state index in [-0.39, 0.29) is 11.0 Å². The lowest BCUT2D eigenvalue weighted by Gasteiger charge is -2.18. The third-order valence-corrected chi connectivity index (χ3v) is 3.69. The molecule has 2 rings (SSSR count). The molecule has 1 heterocycles. The zero-order valence-corrected chi connectivity index (χ0v) is 13.2. The van der Waals surface area contributed by atoms with Gasteiger partial charge in [-0.2, -0.15) is 5.10 Å². The van der Waals surface area contributed by atoms with Gasteiger partial charge in [-0.3, -0.25) is 4.79 Å². The highest BCUT2D eigenvalue weighted by Crippen LogP contribution is 2.23. The van der Waals surface area contributed by atoms with Crippen LogP contribution in [0.3, 0.4) is 0 Å². The highest BCUT2D eigenvalue weighted by molar-refractivity contribution is 6.42. The van der Waals surface area contributed by atoms with Gasteiger partial charge in [-0.15, -0.1) is 0 Å². The number of nitrogens with zero attached hydrogens (tertiary/aromatic N) is 2. The number of benzene rings is 1. The molecule has 0 unspecified atom stereocenters. The molecule has 0 aliphatic rings. The maximum absolute atomic E-state index is 11.9. The van der Waals surface area contributed by atoms with Crippen LogP contribution < -0.4 is 5.56 Å². The fourth-order valence-corrected chi connectivity index (χ4v) is 2.09. The summed E-state index contributed by atoms with van der Waals surface area (Å²) in [4.78, 5) is 11.9. The molecule has 1 aromatic carbocycles. The Morgan fingerprint density at radius 3 is 2.40 bits per heavy atom. The van der Waals surface area contributed by atoms with Crippen LogP contribution in [-0.2, 0) is 12.0 Å². The summed E-state index contributed by atoms with van der Waals surface area (Å²) in [6.45, 7) is 6.55. The summed E-state index contributed by atoms with van der Waals surface area (Å²) in [5.41, 5.74) is 1.52. The average molecular weight is 311 g/mol. The molecule has 20 heavy (non-hydrogen) atoms. The Labute approximate surface area is 128 Å². The Morgan fingerprint density at radius 2 is 1.80 bits per heavy atom. The van der Waals surface area contributed by atoms with E-state index in [1.165, 1.54) is 4.68 Å². The standard InChI is InChI=1S/C15H16Cl2N2O/c1-15(2,3)13-6-7-14(20)19(18-13)9-10-4-5-11(16)12(17)8-10/h4-8H,9H2,1-3H3. The Kier molecular flexibility index (Phi) is 4.21. The normalized spacial score (nSPS) is 11.7. The van der Waals surface area contributed by atoms with Crippen LogP contribution in [0.5, 0.6) is 0 Å². The Bertz CT molecular complexity index is 687. The lowest BCUT2D eigenvalue weighted by atomic mass is 9.92. The van der Waals surface area contributed by atoms with E-state index in [0.29, 0.717) is 16.6 Å². The van der Waals surface area contributed by atoms with Crippen molar-refractivity contribution in [3.8, 4) is 0 Å². The van der Waals surface area contributed by atoms with Crippen molar-refractivity contribution in [3.05, 3.63) is 62.0 Å². The maximum Gasteiger partial charge on any atom is 0.267 e. The lowest BCUT2D eigenvalue weighted by molar-refractivity contribution is 0.518. The van der Waals surface area contributed by atoms with Crippen molar-refractivity contribution in [3.63, 3.8) is 0 Å². The van der Waals surface area contributed by atoms with Crippen LogP contribution >= 0.6 is 23.2 Å². The van der Waals surface area contributed by atoms with E-state index in [2.05, 4.69) is 25.9 Å². The van der Waals surface area contributed by atoms with Crippen LogP contribution in [0.1, 0.15) is 32.0 Å². The smallest absolute Gasteiger partial charge is 0.267 e. The van der Waals surface area contributed by atoms with E-state index in [4.69, 9.17) is 23.2 Å². The molecular weight excluding hydrogens is 295 g/mol. The van der Waals surface area contributed by atoms with Gasteiger partial charge in [-0.25, -0.2) is 4.68 Å². The van der Waals surface area contributed by atoms with E-state index >= 15 is 0 Å². The molecule has 0 aliphatic heterocycles. The number of hydrogen-bond acceptors (Lipinski definition) is 2. The topological polar surface area (TPSA) is 34.9 Å². The first-order valence-electron chi connectivity index (χ1n) is 6.30. The Morgan fingerprint density at radius 1 is 1.10 bits per heavy atom. The molecule has 0 fully saturated rings. The fraction of sp³-hybridized carbons (Fsp3) is 0.333. The van der Waals surface area contributed by atoms with Crippen molar-refractivity contribution in [1.82, 2.24) is 9.78 Å². The summed E-state index contributed by atoms with van der Waals surface area (Å²) in [5.74, 6) is 0. The van der Waals surface area contributed by atoms with Gasteiger partial charge in [-0.05, 0) is 23.8 Å². The van der Waals surface area contributed by atoms with Crippen LogP contribution in [-0.4, -0.2) is 9.78 Å². The summed E-state index contributed by atoms with van der Waals surface area (Å²) in [6, 6.07) is 8.63. The molecule has 0 saturated heterocycles. The zero-order chi connectivity index (χ0) is 14.9. The highest BCUT2D eigenvalue weighted by atomic mass is 35.5. The van der Waals surface area contributed by atoms with E-state index < -0.39 is 0 Å². The molecule has 3 nitrogen and oxygen atoms in total. The molecule has 0 N–H and O–H groups in total. The van der Waals surface area contributed by atoms with Crippen molar-refractivity contribution in [1.29, 1.82) is 0 Å². The van der Waals surface area contributed by atoms with Crippen LogP contribution in [0.25, 0.3) is 0 Å². The second kappa shape index (κ2) is 5.58. The van der Waals surface area contributed by atoms with E-state index in [1.54, 1.807) is 24.3 Å². The molecule has 5 heteroatoms. The van der Waals surface area contributed by atoms with E-state index in [0.717, 1.165) is 11.3 Å². The summed E-state index contributed by atoms with van der Waals surface area (Å²) in [6.07, 6.45) is 0. The first-order chi connectivity index (χ1) is 9.27. The molecule has 0 bridgehead atoms. The number of hydrogen-bond donors (Lipinski definition) is 0. The molecular formula is C15H16Cl2N2O. The molecule has 0 aliphatic carbocycles. The summed E-state index contributed by atoms with van der Waals surface area (Å²) in [7, 11) is 0. The van der Waals surface area contributed by atoms with Gasteiger partial charge in [0.15, 0.2) is 0 Å². The predicted octanol–water partition coefficient (Wildman–Crippen LogP) is 3.90. The van der Waals surface area contributed by atoms with Gasteiger partial charge in [0, 0.05) is 11.5 Å². The minimum atomic E-state index is -0.135. The van der Waals surface area contributed by atoms with Crippen molar-refractivity contribution in [2.45, 2.75) is 32.7 Å². The van der Waals surface area contributed by atoms with Crippen molar-refractivity contribution in [2.75, 3.05) is 0 Å². The van der Waals surface area contributed by atoms with Crippen LogP contribution in [0.2, 0.25) is 10.0 Å². The van der Waals surface area contributed by atoms with E-state index in [9.17, 15) is 4.79 Å². The fourth-order valence-electron chi connectivity index (χ4n) is 1.77. The van der Waals surface area contributed by atoms with E-state index in [1.807, 2.05) is 6.07 Å². The quantitative estimate of drug-likeness (QED) is 0.843. The van der Waals surface area contributed by atoms with Gasteiger partial charge >= 0.3 is 0 Å². The molecule has 2 aromatic rings. The minimum Gasteiger partial charge on any atom is -0.268 e. The average Bonchev–Trinajstić information content (AvgIpc) is 2.35. The minimum absolute atomic E-state index is 0.104. The van der Waals surface area contributed by atoms with Crippen molar-refractivity contribution >= 4 is 23.2 Å². The lowest BCUT2D eigenvalue weighted by Crippen LogP contribution is -2.27. The van der Waals surface area contributed by atoms with Crippen LogP contribution in [0.15, 0.2) is 35.1 Å². The van der Waals surface area contributed by atoms with Gasteiger partial charge in [0.1, 0.15) is 0 Å². The van der Waals surface area contributed by atoms with Crippen molar-refractivity contribution in [2.24, 2.45) is 0 Å². The van der Waals surface area contributed by atoms with Gasteiger partial charge in [0.2, 0.25) is 0 Å². The SMILES string of the molecule is CC(C)(C)c1ccc(=O)n(Cc2ccc(Cl)c(Cl)c2)n1. The molecule has 1 aromatic heterocycles. The number of aromatic nitrogens is 2. The highest BCUT2D eigenvalue weighted by Gasteiger charge is 2.16. The molecule has 0 atom stereocenters. The second-order valence-electron chi connectivity index (χ2n) is 5.71. The van der Waals surface area contributed by atoms with Gasteiger partial charge in [0.25, 0.3) is 5.56 Å². The Hall–Kier alpha value is -1.32. The largest absolute Gasteiger partial charge is 0.268 e. The van der Waals surface area contributed by atoms with Crippen LogP contribution in [0, 0.1) is 0 Å². The predicted molar refractivity (Wildman–Crippen MR) is 82.8 cm³/mol. The van der Waals surface area contributed by atoms with Gasteiger partial charge in [0.05, 0.1) is 22.3 Å². The maximum atomic E-state index is 11.9. The number of rotatable bonds is 2. The zero-order valence-electron chi connectivity index (χ0n) is 11.7. The summed E-state index contributed by atoms with van der Waals surface area (Å²) >= 11 is 11.9. The third kappa shape index (κ3) is 3.41. The first kappa shape index (κ1) is 15.1. The first-order valence-corrected chi connectivity index (χ1v) is 7.05. The van der Waals surface area contributed by atoms with Gasteiger partial charge < -0.3 is 0 Å². The molecule has 106 valence electrons. The third-order valence-electron chi connectivity index (χ3n) is 2.95. The molecule has 0 saturated carbocycles. The molecule has 0 radical (unpaired) electrons. The molecule has 0 spiro atoms. The van der Waals surface area contributed by atoms with Gasteiger partial charge in [-0.1, -0.05) is 50.0 Å².